The average Bonchev–Trinajstić information content (AvgIpc) is 3.04. The van der Waals surface area contributed by atoms with Gasteiger partial charge in [0.05, 0.1) is 23.6 Å². The van der Waals surface area contributed by atoms with E-state index in [0.29, 0.717) is 56.3 Å². The molecule has 0 N–H and O–H groups in total. The number of ketones is 1. The molecule has 1 saturated heterocycles. The van der Waals surface area contributed by atoms with E-state index >= 15 is 0 Å². The summed E-state index contributed by atoms with van der Waals surface area (Å²) in [5.41, 5.74) is 0.862. The summed E-state index contributed by atoms with van der Waals surface area (Å²) < 4.78 is 17.9. The maximum atomic E-state index is 12.6. The molecule has 2 heterocycles. The van der Waals surface area contributed by atoms with Crippen LogP contribution in [0, 0.1) is 5.92 Å². The van der Waals surface area contributed by atoms with Crippen molar-refractivity contribution in [3.05, 3.63) is 23.9 Å². The van der Waals surface area contributed by atoms with Gasteiger partial charge in [0.15, 0.2) is 5.78 Å². The minimum absolute atomic E-state index is 0.0329. The molecule has 0 aliphatic carbocycles. The zero-order chi connectivity index (χ0) is 21.9. The molecule has 1 aliphatic heterocycles. The fourth-order valence-corrected chi connectivity index (χ4v) is 3.59. The Morgan fingerprint density at radius 3 is 2.57 bits per heavy atom. The highest BCUT2D eigenvalue weighted by Gasteiger charge is 2.34. The third-order valence-corrected chi connectivity index (χ3v) is 5.00. The van der Waals surface area contributed by atoms with Crippen molar-refractivity contribution in [2.24, 2.45) is 5.92 Å². The quantitative estimate of drug-likeness (QED) is 0.483. The van der Waals surface area contributed by atoms with Crippen LogP contribution in [0.3, 0.4) is 0 Å². The highest BCUT2D eigenvalue weighted by molar-refractivity contribution is 6.04. The summed E-state index contributed by atoms with van der Waals surface area (Å²) in [5, 5.41) is 5.44. The van der Waals surface area contributed by atoms with Crippen LogP contribution in [-0.2, 0) is 16.0 Å². The van der Waals surface area contributed by atoms with Crippen LogP contribution in [0.25, 0.3) is 10.9 Å². The molecule has 1 aromatic heterocycles. The van der Waals surface area contributed by atoms with E-state index < -0.39 is 5.60 Å². The number of ether oxygens (including phenoxy) is 3. The number of fused-ring (bicyclic) bond motifs is 1. The molecule has 0 unspecified atom stereocenters. The maximum Gasteiger partial charge on any atom is 0.410 e. The van der Waals surface area contributed by atoms with E-state index in [1.807, 2.05) is 37.7 Å². The lowest BCUT2D eigenvalue weighted by Gasteiger charge is -2.39. The van der Waals surface area contributed by atoms with Gasteiger partial charge >= 0.3 is 6.09 Å². The van der Waals surface area contributed by atoms with Crippen molar-refractivity contribution < 1.29 is 23.8 Å². The van der Waals surface area contributed by atoms with Crippen LogP contribution >= 0.6 is 0 Å². The van der Waals surface area contributed by atoms with E-state index in [-0.39, 0.29) is 11.9 Å². The number of aromatic nitrogens is 2. The van der Waals surface area contributed by atoms with Crippen molar-refractivity contribution in [3.63, 3.8) is 0 Å². The first-order valence-electron chi connectivity index (χ1n) is 10.3. The summed E-state index contributed by atoms with van der Waals surface area (Å²) in [6.07, 6.45) is 2.72. The maximum absolute atomic E-state index is 12.6. The number of hydrogen-bond acceptors (Lipinski definition) is 6. The van der Waals surface area contributed by atoms with Gasteiger partial charge in [-0.1, -0.05) is 0 Å². The molecule has 30 heavy (non-hydrogen) atoms. The number of methoxy groups -OCH3 is 2. The Balaban J connectivity index is 1.66. The Hall–Kier alpha value is -2.61. The zero-order valence-electron chi connectivity index (χ0n) is 18.4. The standard InChI is InChI=1S/C22H31N3O5/c1-22(2,3)30-21(27)24-11-15(12-24)13-25-14-17-18(23-25)9-8-16(20(17)29-5)19(26)7-6-10-28-4/h8-9,14-15H,6-7,10-13H2,1-5H3. The highest BCUT2D eigenvalue weighted by Crippen LogP contribution is 2.31. The Morgan fingerprint density at radius 2 is 1.93 bits per heavy atom. The molecule has 0 radical (unpaired) electrons. The van der Waals surface area contributed by atoms with E-state index in [2.05, 4.69) is 5.10 Å². The molecule has 0 bridgehead atoms. The molecule has 1 fully saturated rings. The number of Topliss-reactive ketones (excluding diaryl/α,β-unsaturated/α-hetero) is 1. The number of rotatable bonds is 8. The second-order valence-electron chi connectivity index (χ2n) is 8.70. The van der Waals surface area contributed by atoms with Crippen LogP contribution in [0.4, 0.5) is 4.79 Å². The molecule has 3 rings (SSSR count). The van der Waals surface area contributed by atoms with E-state index in [1.165, 1.54) is 0 Å². The SMILES string of the molecule is COCCCC(=O)c1ccc2nn(CC3CN(C(=O)OC(C)(C)C)C3)cc2c1OC. The molecule has 1 aromatic carbocycles. The zero-order valence-corrected chi connectivity index (χ0v) is 18.4. The van der Waals surface area contributed by atoms with Gasteiger partial charge in [-0.25, -0.2) is 4.79 Å². The molecule has 8 nitrogen and oxygen atoms in total. The van der Waals surface area contributed by atoms with Crippen molar-refractivity contribution in [1.82, 2.24) is 14.7 Å². The number of hydrogen-bond donors (Lipinski definition) is 0. The predicted molar refractivity (Wildman–Crippen MR) is 113 cm³/mol. The average molecular weight is 418 g/mol. The monoisotopic (exact) mass is 417 g/mol. The molecule has 8 heteroatoms. The van der Waals surface area contributed by atoms with Crippen LogP contribution < -0.4 is 4.74 Å². The molecule has 0 atom stereocenters. The van der Waals surface area contributed by atoms with E-state index in [1.54, 1.807) is 25.2 Å². The van der Waals surface area contributed by atoms with Gasteiger partial charge in [-0.3, -0.25) is 9.48 Å². The molecule has 164 valence electrons. The van der Waals surface area contributed by atoms with Crippen LogP contribution in [0.2, 0.25) is 0 Å². The van der Waals surface area contributed by atoms with Gasteiger partial charge in [-0.05, 0) is 39.3 Å². The molecule has 0 saturated carbocycles. The van der Waals surface area contributed by atoms with E-state index in [4.69, 9.17) is 14.2 Å². The third-order valence-electron chi connectivity index (χ3n) is 5.00. The van der Waals surface area contributed by atoms with Crippen molar-refractivity contribution in [2.45, 2.75) is 45.8 Å². The highest BCUT2D eigenvalue weighted by atomic mass is 16.6. The fourth-order valence-electron chi connectivity index (χ4n) is 3.59. The smallest absolute Gasteiger partial charge is 0.410 e. The molecular formula is C22H31N3O5. The van der Waals surface area contributed by atoms with Crippen molar-refractivity contribution in [1.29, 1.82) is 0 Å². The summed E-state index contributed by atoms with van der Waals surface area (Å²) in [7, 11) is 3.20. The van der Waals surface area contributed by atoms with Crippen LogP contribution in [-0.4, -0.2) is 66.1 Å². The van der Waals surface area contributed by atoms with Gasteiger partial charge in [0.25, 0.3) is 0 Å². The third kappa shape index (κ3) is 5.11. The summed E-state index contributed by atoms with van der Waals surface area (Å²) in [4.78, 5) is 26.4. The largest absolute Gasteiger partial charge is 0.495 e. The van der Waals surface area contributed by atoms with Gasteiger partial charge in [0.1, 0.15) is 11.4 Å². The van der Waals surface area contributed by atoms with Gasteiger partial charge < -0.3 is 19.1 Å². The van der Waals surface area contributed by atoms with Crippen LogP contribution in [0.5, 0.6) is 5.75 Å². The van der Waals surface area contributed by atoms with Crippen LogP contribution in [0.15, 0.2) is 18.3 Å². The van der Waals surface area contributed by atoms with Crippen molar-refractivity contribution >= 4 is 22.8 Å². The first-order chi connectivity index (χ1) is 14.2. The van der Waals surface area contributed by atoms with Gasteiger partial charge in [0, 0.05) is 51.9 Å². The molecular weight excluding hydrogens is 386 g/mol. The summed E-state index contributed by atoms with van der Waals surface area (Å²) >= 11 is 0. The Morgan fingerprint density at radius 1 is 1.20 bits per heavy atom. The Labute approximate surface area is 177 Å². The second-order valence-corrected chi connectivity index (χ2v) is 8.70. The minimum Gasteiger partial charge on any atom is -0.495 e. The number of nitrogens with zero attached hydrogens (tertiary/aromatic N) is 3. The minimum atomic E-state index is -0.489. The lowest BCUT2D eigenvalue weighted by Crippen LogP contribution is -2.52. The van der Waals surface area contributed by atoms with E-state index in [0.717, 1.165) is 10.9 Å². The number of carbonyl (C=O) groups is 2. The number of benzene rings is 1. The number of carbonyl (C=O) groups excluding carboxylic acids is 2. The molecule has 1 amide bonds. The first kappa shape index (κ1) is 22.1. The first-order valence-corrected chi connectivity index (χ1v) is 10.3. The topological polar surface area (TPSA) is 82.9 Å². The van der Waals surface area contributed by atoms with Gasteiger partial charge in [-0.15, -0.1) is 0 Å². The Bertz CT molecular complexity index is 909. The fraction of sp³-hybridized carbons (Fsp3) is 0.591. The predicted octanol–water partition coefficient (Wildman–Crippen LogP) is 3.52. The molecule has 0 spiro atoms. The Kier molecular flexibility index (Phi) is 6.65. The molecule has 1 aliphatic rings. The van der Waals surface area contributed by atoms with Crippen LogP contribution in [0.1, 0.15) is 44.0 Å². The molecule has 2 aromatic rings. The second kappa shape index (κ2) is 9.04. The number of amides is 1. The summed E-state index contributed by atoms with van der Waals surface area (Å²) in [6.45, 7) is 8.12. The van der Waals surface area contributed by atoms with Gasteiger partial charge in [-0.2, -0.15) is 5.10 Å². The lowest BCUT2D eigenvalue weighted by atomic mass is 10.0. The summed E-state index contributed by atoms with van der Waals surface area (Å²) in [5.74, 6) is 0.906. The van der Waals surface area contributed by atoms with Gasteiger partial charge in [0.2, 0.25) is 0 Å². The van der Waals surface area contributed by atoms with Crippen molar-refractivity contribution in [3.8, 4) is 5.75 Å². The van der Waals surface area contributed by atoms with Crippen molar-refractivity contribution in [2.75, 3.05) is 33.9 Å². The normalized spacial score (nSPS) is 14.6. The summed E-state index contributed by atoms with van der Waals surface area (Å²) in [6, 6.07) is 3.63. The van der Waals surface area contributed by atoms with E-state index in [9.17, 15) is 9.59 Å². The number of likely N-dealkylation sites (tertiary alicyclic amines) is 1. The lowest BCUT2D eigenvalue weighted by molar-refractivity contribution is -0.00381.